The van der Waals surface area contributed by atoms with Crippen LogP contribution in [0.5, 0.6) is 0 Å². The zero-order valence-electron chi connectivity index (χ0n) is 5.22. The third-order valence-electron chi connectivity index (χ3n) is 0.934. The van der Waals surface area contributed by atoms with Gasteiger partial charge >= 0.3 is 18.9 Å². The summed E-state index contributed by atoms with van der Waals surface area (Å²) in [6.07, 6.45) is 3.31. The Morgan fingerprint density at radius 2 is 2.11 bits per heavy atom. The SMILES string of the molecule is CCCCCOC=O.[LiH]. The van der Waals surface area contributed by atoms with Gasteiger partial charge in [-0.1, -0.05) is 19.8 Å². The van der Waals surface area contributed by atoms with Crippen molar-refractivity contribution in [2.24, 2.45) is 0 Å². The molecule has 0 aliphatic rings. The number of ether oxygens (including phenoxy) is 1. The number of hydrogen-bond donors (Lipinski definition) is 0. The van der Waals surface area contributed by atoms with Crippen molar-refractivity contribution < 1.29 is 9.53 Å². The molecule has 0 aliphatic carbocycles. The van der Waals surface area contributed by atoms with Crippen molar-refractivity contribution >= 4 is 25.3 Å². The van der Waals surface area contributed by atoms with Crippen molar-refractivity contribution in [1.29, 1.82) is 0 Å². The second-order valence-corrected chi connectivity index (χ2v) is 1.67. The Hall–Kier alpha value is 0.0674. The topological polar surface area (TPSA) is 26.3 Å². The number of hydrogen-bond acceptors (Lipinski definition) is 2. The number of carbonyl (C=O) groups excluding carboxylic acids is 1. The van der Waals surface area contributed by atoms with Crippen LogP contribution in [0.15, 0.2) is 0 Å². The van der Waals surface area contributed by atoms with Gasteiger partial charge in [0.15, 0.2) is 0 Å². The van der Waals surface area contributed by atoms with Crippen molar-refractivity contribution in [3.63, 3.8) is 0 Å². The average Bonchev–Trinajstić information content (AvgIpc) is 1.81. The van der Waals surface area contributed by atoms with Gasteiger partial charge in [0.2, 0.25) is 0 Å². The molecule has 0 aromatic heterocycles. The van der Waals surface area contributed by atoms with Gasteiger partial charge < -0.3 is 4.74 Å². The van der Waals surface area contributed by atoms with Gasteiger partial charge in [0.1, 0.15) is 0 Å². The molecule has 0 rings (SSSR count). The molecule has 0 radical (unpaired) electrons. The van der Waals surface area contributed by atoms with E-state index in [0.29, 0.717) is 13.1 Å². The van der Waals surface area contributed by atoms with Crippen molar-refractivity contribution in [2.45, 2.75) is 26.2 Å². The van der Waals surface area contributed by atoms with Crippen LogP contribution in [0.25, 0.3) is 0 Å². The van der Waals surface area contributed by atoms with E-state index in [-0.39, 0.29) is 18.9 Å². The first-order chi connectivity index (χ1) is 3.91. The summed E-state index contributed by atoms with van der Waals surface area (Å²) in [6, 6.07) is 0. The molecule has 0 N–H and O–H groups in total. The van der Waals surface area contributed by atoms with Crippen molar-refractivity contribution in [2.75, 3.05) is 6.61 Å². The van der Waals surface area contributed by atoms with Crippen LogP contribution in [0, 0.1) is 0 Å². The van der Waals surface area contributed by atoms with Crippen LogP contribution in [0.3, 0.4) is 0 Å². The quantitative estimate of drug-likeness (QED) is 0.306. The zero-order valence-corrected chi connectivity index (χ0v) is 5.22. The molecule has 0 aromatic carbocycles. The van der Waals surface area contributed by atoms with Gasteiger partial charge in [0, 0.05) is 0 Å². The summed E-state index contributed by atoms with van der Waals surface area (Å²) < 4.78 is 4.46. The molecule has 50 valence electrons. The van der Waals surface area contributed by atoms with Crippen LogP contribution >= 0.6 is 0 Å². The third-order valence-corrected chi connectivity index (χ3v) is 0.934. The molecule has 3 heteroatoms. The fourth-order valence-corrected chi connectivity index (χ4v) is 0.484. The molecular weight excluding hydrogens is 111 g/mol. The second kappa shape index (κ2) is 10.9. The number of rotatable bonds is 5. The van der Waals surface area contributed by atoms with Crippen molar-refractivity contribution in [3.05, 3.63) is 0 Å². The fraction of sp³-hybridized carbons (Fsp3) is 0.833. The van der Waals surface area contributed by atoms with E-state index in [1.54, 1.807) is 0 Å². The van der Waals surface area contributed by atoms with Crippen LogP contribution < -0.4 is 0 Å². The number of unbranched alkanes of at least 4 members (excludes halogenated alkanes) is 2. The molecule has 2 nitrogen and oxygen atoms in total. The first-order valence-corrected chi connectivity index (χ1v) is 2.97. The minimum absolute atomic E-state index is 0. The van der Waals surface area contributed by atoms with Gasteiger partial charge in [-0.15, -0.1) is 0 Å². The van der Waals surface area contributed by atoms with E-state index in [0.717, 1.165) is 12.8 Å². The summed E-state index contributed by atoms with van der Waals surface area (Å²) in [5.74, 6) is 0. The van der Waals surface area contributed by atoms with E-state index >= 15 is 0 Å². The molecule has 0 aliphatic heterocycles. The molecule has 0 saturated heterocycles. The maximum atomic E-state index is 9.55. The predicted molar refractivity (Wildman–Crippen MR) is 38.7 cm³/mol. The Balaban J connectivity index is 0. The summed E-state index contributed by atoms with van der Waals surface area (Å²) in [5, 5.41) is 0. The first-order valence-electron chi connectivity index (χ1n) is 2.97. The van der Waals surface area contributed by atoms with Crippen LogP contribution in [-0.2, 0) is 9.53 Å². The summed E-state index contributed by atoms with van der Waals surface area (Å²) in [4.78, 5) is 9.55. The molecule has 0 bridgehead atoms. The van der Waals surface area contributed by atoms with E-state index in [9.17, 15) is 4.79 Å². The Bertz CT molecular complexity index is 57.0. The molecule has 0 atom stereocenters. The van der Waals surface area contributed by atoms with Crippen LogP contribution in [0.1, 0.15) is 26.2 Å². The summed E-state index contributed by atoms with van der Waals surface area (Å²) >= 11 is 0. The van der Waals surface area contributed by atoms with E-state index in [1.807, 2.05) is 0 Å². The van der Waals surface area contributed by atoms with E-state index < -0.39 is 0 Å². The van der Waals surface area contributed by atoms with Crippen molar-refractivity contribution in [1.82, 2.24) is 0 Å². The fourth-order valence-electron chi connectivity index (χ4n) is 0.484. The van der Waals surface area contributed by atoms with Gasteiger partial charge in [-0.05, 0) is 6.42 Å². The van der Waals surface area contributed by atoms with E-state index in [1.165, 1.54) is 6.42 Å². The average molecular weight is 124 g/mol. The molecule has 0 saturated carbocycles. The molecule has 0 aromatic rings. The van der Waals surface area contributed by atoms with Crippen molar-refractivity contribution in [3.8, 4) is 0 Å². The van der Waals surface area contributed by atoms with Gasteiger partial charge in [-0.25, -0.2) is 0 Å². The Labute approximate surface area is 68.1 Å². The molecule has 0 fully saturated rings. The zero-order chi connectivity index (χ0) is 6.24. The molecule has 9 heavy (non-hydrogen) atoms. The maximum absolute atomic E-state index is 9.55. The Morgan fingerprint density at radius 3 is 2.56 bits per heavy atom. The Kier molecular flexibility index (Phi) is 14.4. The molecule has 0 amide bonds. The van der Waals surface area contributed by atoms with Gasteiger partial charge in [-0.2, -0.15) is 0 Å². The second-order valence-electron chi connectivity index (χ2n) is 1.67. The van der Waals surface area contributed by atoms with Gasteiger partial charge in [-0.3, -0.25) is 4.79 Å². The first kappa shape index (κ1) is 11.8. The predicted octanol–water partition coefficient (Wildman–Crippen LogP) is 0.701. The van der Waals surface area contributed by atoms with Gasteiger partial charge in [0.25, 0.3) is 6.47 Å². The van der Waals surface area contributed by atoms with E-state index in [4.69, 9.17) is 0 Å². The molecule has 0 heterocycles. The van der Waals surface area contributed by atoms with Gasteiger partial charge in [0.05, 0.1) is 6.61 Å². The number of carbonyl (C=O) groups is 1. The third kappa shape index (κ3) is 11.6. The van der Waals surface area contributed by atoms with Crippen LogP contribution in [0.4, 0.5) is 0 Å². The molecule has 0 spiro atoms. The standard InChI is InChI=1S/C6H12O2.Li.H/c1-2-3-4-5-8-6-7;;/h6H,2-5H2,1H3;;. The summed E-state index contributed by atoms with van der Waals surface area (Å²) in [6.45, 7) is 3.19. The minimum atomic E-state index is 0. The monoisotopic (exact) mass is 124 g/mol. The molecule has 0 unspecified atom stereocenters. The summed E-state index contributed by atoms with van der Waals surface area (Å²) in [5.41, 5.74) is 0. The molecular formula is C6H13LiO2. The van der Waals surface area contributed by atoms with Crippen LogP contribution in [-0.4, -0.2) is 31.9 Å². The summed E-state index contributed by atoms with van der Waals surface area (Å²) in [7, 11) is 0. The Morgan fingerprint density at radius 1 is 1.44 bits per heavy atom. The van der Waals surface area contributed by atoms with E-state index in [2.05, 4.69) is 11.7 Å². The van der Waals surface area contributed by atoms with Crippen LogP contribution in [0.2, 0.25) is 0 Å². The normalized spacial score (nSPS) is 7.67.